The van der Waals surface area contributed by atoms with Gasteiger partial charge in [-0.15, -0.1) is 0 Å². The molecule has 7 nitrogen and oxygen atoms in total. The average Bonchev–Trinajstić information content (AvgIpc) is 3.63. The van der Waals surface area contributed by atoms with Gasteiger partial charge in [-0.1, -0.05) is 18.8 Å². The Morgan fingerprint density at radius 3 is 2.47 bits per heavy atom. The highest BCUT2D eigenvalue weighted by atomic mass is 32.2. The van der Waals surface area contributed by atoms with E-state index in [1.54, 1.807) is 25.2 Å². The van der Waals surface area contributed by atoms with Crippen LogP contribution < -0.4 is 10.0 Å². The standard InChI is InChI=1S/C24H33N3O4S/c1-24(23(28)27-13-15-31-16-14-27)11-9-20(10-12-24)26-32(29,30)21-8-7-19(22(17-21)25-2)6-5-18-3-4-18/h7-8,17-18,20,25-26H,3-4,9-16H2,1-2H3. The predicted molar refractivity (Wildman–Crippen MR) is 124 cm³/mol. The summed E-state index contributed by atoms with van der Waals surface area (Å²) in [6.07, 6.45) is 4.94. The number of nitrogens with zero attached hydrogens (tertiary/aromatic N) is 1. The molecule has 1 aromatic carbocycles. The Morgan fingerprint density at radius 2 is 1.84 bits per heavy atom. The van der Waals surface area contributed by atoms with Gasteiger partial charge in [0.15, 0.2) is 0 Å². The van der Waals surface area contributed by atoms with Gasteiger partial charge >= 0.3 is 0 Å². The average molecular weight is 460 g/mol. The third-order valence-electron chi connectivity index (χ3n) is 6.78. The number of carbonyl (C=O) groups is 1. The fraction of sp³-hybridized carbons (Fsp3) is 0.625. The lowest BCUT2D eigenvalue weighted by Gasteiger charge is -2.40. The minimum absolute atomic E-state index is 0.169. The van der Waals surface area contributed by atoms with E-state index in [2.05, 4.69) is 21.9 Å². The zero-order chi connectivity index (χ0) is 22.8. The first-order valence-electron chi connectivity index (χ1n) is 11.5. The Hall–Kier alpha value is -2.08. The van der Waals surface area contributed by atoms with Gasteiger partial charge in [0.2, 0.25) is 15.9 Å². The van der Waals surface area contributed by atoms with Crippen LogP contribution in [0.25, 0.3) is 0 Å². The minimum Gasteiger partial charge on any atom is -0.387 e. The van der Waals surface area contributed by atoms with Crippen LogP contribution in [0.4, 0.5) is 5.69 Å². The van der Waals surface area contributed by atoms with Crippen LogP contribution in [-0.2, 0) is 19.6 Å². The van der Waals surface area contributed by atoms with Crippen molar-refractivity contribution in [1.29, 1.82) is 0 Å². The SMILES string of the molecule is CNc1cc(S(=O)(=O)NC2CCC(C)(C(=O)N3CCOCC3)CC2)ccc1C#CC1CC1. The summed E-state index contributed by atoms with van der Waals surface area (Å²) in [4.78, 5) is 15.1. The molecule has 1 aromatic rings. The molecular formula is C24H33N3O4S. The molecule has 0 atom stereocenters. The van der Waals surface area contributed by atoms with Crippen LogP contribution in [0.1, 0.15) is 51.0 Å². The maximum atomic E-state index is 13.0. The molecule has 1 amide bonds. The predicted octanol–water partition coefficient (Wildman–Crippen LogP) is 2.58. The number of nitrogens with one attached hydrogen (secondary N) is 2. The first kappa shape index (κ1) is 23.1. The van der Waals surface area contributed by atoms with Crippen molar-refractivity contribution in [2.75, 3.05) is 38.7 Å². The summed E-state index contributed by atoms with van der Waals surface area (Å²) in [5.41, 5.74) is 1.10. The summed E-state index contributed by atoms with van der Waals surface area (Å²) < 4.78 is 34.3. The van der Waals surface area contributed by atoms with Crippen molar-refractivity contribution in [2.24, 2.45) is 11.3 Å². The number of benzene rings is 1. The fourth-order valence-electron chi connectivity index (χ4n) is 4.44. The summed E-state index contributed by atoms with van der Waals surface area (Å²) in [5.74, 6) is 7.03. The van der Waals surface area contributed by atoms with Crippen LogP contribution in [0.5, 0.6) is 0 Å². The molecule has 2 saturated carbocycles. The molecule has 174 valence electrons. The number of anilines is 1. The smallest absolute Gasteiger partial charge is 0.240 e. The molecule has 0 aromatic heterocycles. The second kappa shape index (κ2) is 9.42. The molecule has 1 aliphatic heterocycles. The molecule has 1 heterocycles. The normalized spacial score (nSPS) is 26.2. The first-order valence-corrected chi connectivity index (χ1v) is 13.0. The summed E-state index contributed by atoms with van der Waals surface area (Å²) in [7, 11) is -1.88. The second-order valence-corrected chi connectivity index (χ2v) is 11.1. The van der Waals surface area contributed by atoms with E-state index in [9.17, 15) is 13.2 Å². The highest BCUT2D eigenvalue weighted by Crippen LogP contribution is 2.38. The van der Waals surface area contributed by atoms with Gasteiger partial charge in [-0.3, -0.25) is 4.79 Å². The Labute approximate surface area is 191 Å². The zero-order valence-corrected chi connectivity index (χ0v) is 19.8. The van der Waals surface area contributed by atoms with Crippen molar-refractivity contribution in [3.8, 4) is 11.8 Å². The van der Waals surface area contributed by atoms with Crippen molar-refractivity contribution >= 4 is 21.6 Å². The summed E-state index contributed by atoms with van der Waals surface area (Å²) in [6.45, 7) is 4.46. The van der Waals surface area contributed by atoms with E-state index in [1.165, 1.54) is 0 Å². The molecule has 8 heteroatoms. The fourth-order valence-corrected chi connectivity index (χ4v) is 5.77. The molecular weight excluding hydrogens is 426 g/mol. The van der Waals surface area contributed by atoms with Crippen molar-refractivity contribution in [3.63, 3.8) is 0 Å². The van der Waals surface area contributed by atoms with Gasteiger partial charge in [0.1, 0.15) is 0 Å². The van der Waals surface area contributed by atoms with Gasteiger partial charge in [-0.25, -0.2) is 13.1 Å². The van der Waals surface area contributed by atoms with E-state index in [0.717, 1.165) is 18.4 Å². The van der Waals surface area contributed by atoms with E-state index < -0.39 is 15.4 Å². The van der Waals surface area contributed by atoms with Crippen LogP contribution in [0.15, 0.2) is 23.1 Å². The molecule has 3 aliphatic rings. The molecule has 2 N–H and O–H groups in total. The summed E-state index contributed by atoms with van der Waals surface area (Å²) >= 11 is 0. The van der Waals surface area contributed by atoms with Crippen LogP contribution in [0.2, 0.25) is 0 Å². The molecule has 0 spiro atoms. The number of morpholine rings is 1. The lowest BCUT2D eigenvalue weighted by Crippen LogP contribution is -2.50. The van der Waals surface area contributed by atoms with Crippen LogP contribution in [0, 0.1) is 23.2 Å². The highest BCUT2D eigenvalue weighted by Gasteiger charge is 2.41. The lowest BCUT2D eigenvalue weighted by atomic mass is 9.73. The Balaban J connectivity index is 1.39. The first-order chi connectivity index (χ1) is 15.3. The minimum atomic E-state index is -3.66. The quantitative estimate of drug-likeness (QED) is 0.661. The Morgan fingerprint density at radius 1 is 1.16 bits per heavy atom. The summed E-state index contributed by atoms with van der Waals surface area (Å²) in [5, 5.41) is 3.06. The van der Waals surface area contributed by atoms with Gasteiger partial charge in [0.05, 0.1) is 23.8 Å². The third kappa shape index (κ3) is 5.28. The van der Waals surface area contributed by atoms with Crippen molar-refractivity contribution in [1.82, 2.24) is 9.62 Å². The Bertz CT molecular complexity index is 1010. The van der Waals surface area contributed by atoms with E-state index in [1.807, 2.05) is 11.8 Å². The van der Waals surface area contributed by atoms with Gasteiger partial charge in [0.25, 0.3) is 0 Å². The monoisotopic (exact) mass is 459 g/mol. The topological polar surface area (TPSA) is 87.7 Å². The molecule has 0 unspecified atom stereocenters. The zero-order valence-electron chi connectivity index (χ0n) is 18.9. The van der Waals surface area contributed by atoms with Crippen LogP contribution in [0.3, 0.4) is 0 Å². The van der Waals surface area contributed by atoms with Gasteiger partial charge in [-0.05, 0) is 56.7 Å². The molecule has 2 aliphatic carbocycles. The molecule has 1 saturated heterocycles. The van der Waals surface area contributed by atoms with Crippen LogP contribution in [-0.4, -0.2) is 58.6 Å². The number of rotatable bonds is 5. The maximum Gasteiger partial charge on any atom is 0.240 e. The van der Waals surface area contributed by atoms with Gasteiger partial charge in [0, 0.05) is 43.1 Å². The van der Waals surface area contributed by atoms with Crippen molar-refractivity contribution in [3.05, 3.63) is 23.8 Å². The van der Waals surface area contributed by atoms with E-state index in [4.69, 9.17) is 4.74 Å². The largest absolute Gasteiger partial charge is 0.387 e. The molecule has 32 heavy (non-hydrogen) atoms. The van der Waals surface area contributed by atoms with E-state index in [0.29, 0.717) is 63.6 Å². The second-order valence-electron chi connectivity index (χ2n) is 9.36. The number of sulfonamides is 1. The molecule has 3 fully saturated rings. The third-order valence-corrected chi connectivity index (χ3v) is 8.30. The molecule has 0 radical (unpaired) electrons. The van der Waals surface area contributed by atoms with Gasteiger partial charge < -0.3 is 15.0 Å². The number of hydrogen-bond acceptors (Lipinski definition) is 5. The molecule has 4 rings (SSSR count). The Kier molecular flexibility index (Phi) is 6.80. The van der Waals surface area contributed by atoms with Crippen LogP contribution >= 0.6 is 0 Å². The van der Waals surface area contributed by atoms with Crippen molar-refractivity contribution in [2.45, 2.75) is 56.4 Å². The summed E-state index contributed by atoms with van der Waals surface area (Å²) in [6, 6.07) is 4.87. The lowest BCUT2D eigenvalue weighted by molar-refractivity contribution is -0.147. The van der Waals surface area contributed by atoms with Crippen molar-refractivity contribution < 1.29 is 17.9 Å². The van der Waals surface area contributed by atoms with E-state index >= 15 is 0 Å². The number of carbonyl (C=O) groups excluding carboxylic acids is 1. The number of ether oxygens (including phenoxy) is 1. The number of hydrogen-bond donors (Lipinski definition) is 2. The molecule has 0 bridgehead atoms. The number of amides is 1. The van der Waals surface area contributed by atoms with E-state index in [-0.39, 0.29) is 16.8 Å². The highest BCUT2D eigenvalue weighted by molar-refractivity contribution is 7.89. The maximum absolute atomic E-state index is 13.0. The van der Waals surface area contributed by atoms with Gasteiger partial charge in [-0.2, -0.15) is 0 Å².